The van der Waals surface area contributed by atoms with Gasteiger partial charge in [-0.1, -0.05) is 0 Å². The smallest absolute Gasteiger partial charge is 0.311 e. The van der Waals surface area contributed by atoms with Gasteiger partial charge in [0.2, 0.25) is 0 Å². The Bertz CT molecular complexity index is 415. The predicted molar refractivity (Wildman–Crippen MR) is 65.3 cm³/mol. The maximum atomic E-state index is 12.6. The molecule has 0 atom stereocenters. The van der Waals surface area contributed by atoms with Gasteiger partial charge in [-0.2, -0.15) is 0 Å². The molecule has 0 amide bonds. The number of halogens is 4. The van der Waals surface area contributed by atoms with Crippen LogP contribution in [-0.2, 0) is 16.0 Å². The Kier molecular flexibility index (Phi) is 5.03. The molecule has 0 aliphatic heterocycles. The monoisotopic (exact) mass is 405 g/mol. The van der Waals surface area contributed by atoms with Crippen LogP contribution in [0.3, 0.4) is 0 Å². The van der Waals surface area contributed by atoms with E-state index < -0.39 is 12.4 Å². The van der Waals surface area contributed by atoms with Crippen LogP contribution >= 0.6 is 38.5 Å². The lowest BCUT2D eigenvalue weighted by molar-refractivity contribution is -0.139. The second kappa shape index (κ2) is 5.85. The summed E-state index contributed by atoms with van der Waals surface area (Å²) in [6.45, 7) is 0. The van der Waals surface area contributed by atoms with E-state index in [1.54, 1.807) is 22.6 Å². The van der Waals surface area contributed by atoms with Gasteiger partial charge >= 0.3 is 5.97 Å². The van der Waals surface area contributed by atoms with E-state index >= 15 is 0 Å². The van der Waals surface area contributed by atoms with Crippen LogP contribution < -0.4 is 0 Å². The van der Waals surface area contributed by atoms with Gasteiger partial charge in [-0.25, -0.2) is 8.78 Å². The number of nitrogens with zero attached hydrogens (tertiary/aromatic N) is 1. The summed E-state index contributed by atoms with van der Waals surface area (Å²) in [4.78, 5) is 14.7. The van der Waals surface area contributed by atoms with Crippen molar-refractivity contribution in [1.82, 2.24) is 4.98 Å². The predicted octanol–water partition coefficient (Wildman–Crippen LogP) is 3.10. The first-order valence-electron chi connectivity index (χ1n) is 4.15. The van der Waals surface area contributed by atoms with Gasteiger partial charge in [0.25, 0.3) is 6.43 Å². The SMILES string of the molecule is COC(=O)Cc1cc(Br)c(I)c(C(F)F)n1. The number of methoxy groups -OCH3 is 1. The fraction of sp³-hybridized carbons (Fsp3) is 0.333. The van der Waals surface area contributed by atoms with Crippen molar-refractivity contribution in [1.29, 1.82) is 0 Å². The van der Waals surface area contributed by atoms with Gasteiger partial charge in [-0.3, -0.25) is 9.78 Å². The zero-order chi connectivity index (χ0) is 12.3. The van der Waals surface area contributed by atoms with E-state index in [2.05, 4.69) is 25.7 Å². The van der Waals surface area contributed by atoms with Gasteiger partial charge < -0.3 is 4.74 Å². The van der Waals surface area contributed by atoms with Crippen molar-refractivity contribution in [3.63, 3.8) is 0 Å². The zero-order valence-electron chi connectivity index (χ0n) is 8.14. The van der Waals surface area contributed by atoms with Crippen molar-refractivity contribution >= 4 is 44.5 Å². The number of ether oxygens (including phenoxy) is 1. The number of pyridine rings is 1. The molecule has 16 heavy (non-hydrogen) atoms. The first kappa shape index (κ1) is 13.8. The summed E-state index contributed by atoms with van der Waals surface area (Å²) in [6.07, 6.45) is -2.79. The Balaban J connectivity index is 3.09. The number of hydrogen-bond acceptors (Lipinski definition) is 3. The summed E-state index contributed by atoms with van der Waals surface area (Å²) < 4.78 is 30.5. The number of rotatable bonds is 3. The largest absolute Gasteiger partial charge is 0.469 e. The number of esters is 1. The van der Waals surface area contributed by atoms with Crippen LogP contribution in [0.4, 0.5) is 8.78 Å². The lowest BCUT2D eigenvalue weighted by atomic mass is 10.2. The molecule has 1 aromatic rings. The highest BCUT2D eigenvalue weighted by Crippen LogP contribution is 2.29. The van der Waals surface area contributed by atoms with E-state index in [0.29, 0.717) is 8.04 Å². The molecule has 0 N–H and O–H groups in total. The molecule has 1 rings (SSSR count). The second-order valence-corrected chi connectivity index (χ2v) is 4.78. The van der Waals surface area contributed by atoms with E-state index in [0.717, 1.165) is 0 Å². The maximum absolute atomic E-state index is 12.6. The minimum absolute atomic E-state index is 0.119. The molecule has 7 heteroatoms. The highest BCUT2D eigenvalue weighted by Gasteiger charge is 2.18. The molecule has 0 radical (unpaired) electrons. The molecule has 1 aromatic heterocycles. The topological polar surface area (TPSA) is 39.2 Å². The molecule has 0 aliphatic carbocycles. The first-order chi connectivity index (χ1) is 7.45. The molecule has 0 bridgehead atoms. The molecular formula is C9H7BrF2INO2. The molecule has 0 spiro atoms. The average molecular weight is 406 g/mol. The van der Waals surface area contributed by atoms with E-state index in [1.807, 2.05) is 0 Å². The normalized spacial score (nSPS) is 10.6. The Labute approximate surface area is 113 Å². The van der Waals surface area contributed by atoms with Crippen LogP contribution in [0.15, 0.2) is 10.5 Å². The standard InChI is InChI=1S/C9H7BrF2INO2/c1-16-6(15)3-4-2-5(10)7(13)8(14-4)9(11)12/h2,9H,3H2,1H3. The molecule has 0 aromatic carbocycles. The van der Waals surface area contributed by atoms with Crippen LogP contribution in [0.2, 0.25) is 0 Å². The lowest BCUT2D eigenvalue weighted by Gasteiger charge is -2.07. The van der Waals surface area contributed by atoms with Crippen molar-refractivity contribution < 1.29 is 18.3 Å². The summed E-state index contributed by atoms with van der Waals surface area (Å²) in [5, 5.41) is 0. The highest BCUT2D eigenvalue weighted by molar-refractivity contribution is 14.1. The molecule has 88 valence electrons. The molecule has 1 heterocycles. The number of hydrogen-bond donors (Lipinski definition) is 0. The Morgan fingerprint density at radius 1 is 1.69 bits per heavy atom. The summed E-state index contributed by atoms with van der Waals surface area (Å²) in [5.41, 5.74) is -0.0664. The number of aromatic nitrogens is 1. The van der Waals surface area contributed by atoms with E-state index in [9.17, 15) is 13.6 Å². The van der Waals surface area contributed by atoms with Crippen LogP contribution in [0.5, 0.6) is 0 Å². The minimum atomic E-state index is -2.67. The fourth-order valence-corrected chi connectivity index (χ4v) is 2.00. The van der Waals surface area contributed by atoms with Crippen molar-refractivity contribution in [2.24, 2.45) is 0 Å². The number of carbonyl (C=O) groups excluding carboxylic acids is 1. The highest BCUT2D eigenvalue weighted by atomic mass is 127. The van der Waals surface area contributed by atoms with Gasteiger partial charge in [0.15, 0.2) is 0 Å². The fourth-order valence-electron chi connectivity index (χ4n) is 1.02. The molecular weight excluding hydrogens is 399 g/mol. The Morgan fingerprint density at radius 3 is 2.81 bits per heavy atom. The molecule has 0 saturated heterocycles. The van der Waals surface area contributed by atoms with Crippen molar-refractivity contribution in [2.45, 2.75) is 12.8 Å². The number of alkyl halides is 2. The second-order valence-electron chi connectivity index (χ2n) is 2.85. The van der Waals surface area contributed by atoms with Crippen LogP contribution in [0.1, 0.15) is 17.8 Å². The van der Waals surface area contributed by atoms with Gasteiger partial charge in [-0.15, -0.1) is 0 Å². The van der Waals surface area contributed by atoms with Crippen molar-refractivity contribution in [3.05, 3.63) is 25.5 Å². The van der Waals surface area contributed by atoms with Crippen LogP contribution in [0, 0.1) is 3.57 Å². The summed E-state index contributed by atoms with van der Waals surface area (Å²) in [6, 6.07) is 1.53. The van der Waals surface area contributed by atoms with Gasteiger partial charge in [0.1, 0.15) is 5.69 Å². The maximum Gasteiger partial charge on any atom is 0.311 e. The third kappa shape index (κ3) is 3.34. The van der Waals surface area contributed by atoms with E-state index in [-0.39, 0.29) is 17.8 Å². The van der Waals surface area contributed by atoms with Crippen LogP contribution in [-0.4, -0.2) is 18.1 Å². The van der Waals surface area contributed by atoms with Gasteiger partial charge in [-0.05, 0) is 44.6 Å². The summed E-state index contributed by atoms with van der Waals surface area (Å²) in [7, 11) is 1.23. The molecule has 0 fully saturated rings. The minimum Gasteiger partial charge on any atom is -0.469 e. The zero-order valence-corrected chi connectivity index (χ0v) is 11.9. The Morgan fingerprint density at radius 2 is 2.31 bits per heavy atom. The third-order valence-electron chi connectivity index (χ3n) is 1.75. The first-order valence-corrected chi connectivity index (χ1v) is 6.02. The van der Waals surface area contributed by atoms with Crippen molar-refractivity contribution in [3.8, 4) is 0 Å². The quantitative estimate of drug-likeness (QED) is 0.573. The summed E-state index contributed by atoms with van der Waals surface area (Å²) in [5.74, 6) is -0.513. The molecule has 3 nitrogen and oxygen atoms in total. The van der Waals surface area contributed by atoms with Crippen LogP contribution in [0.25, 0.3) is 0 Å². The van der Waals surface area contributed by atoms with E-state index in [1.165, 1.54) is 13.2 Å². The third-order valence-corrected chi connectivity index (χ3v) is 4.25. The summed E-state index contributed by atoms with van der Waals surface area (Å²) >= 11 is 4.92. The van der Waals surface area contributed by atoms with Gasteiger partial charge in [0.05, 0.1) is 22.8 Å². The van der Waals surface area contributed by atoms with E-state index in [4.69, 9.17) is 0 Å². The molecule has 0 aliphatic rings. The van der Waals surface area contributed by atoms with Crippen molar-refractivity contribution in [2.75, 3.05) is 7.11 Å². The molecule has 0 saturated carbocycles. The number of carbonyl (C=O) groups is 1. The lowest BCUT2D eigenvalue weighted by Crippen LogP contribution is -2.08. The molecule has 0 unspecified atom stereocenters. The Hall–Kier alpha value is -0.310. The average Bonchev–Trinajstić information content (AvgIpc) is 2.22. The van der Waals surface area contributed by atoms with Gasteiger partial charge in [0, 0.05) is 4.47 Å².